The van der Waals surface area contributed by atoms with Crippen LogP contribution < -0.4 is 14.8 Å². The van der Waals surface area contributed by atoms with Crippen LogP contribution in [0.5, 0.6) is 11.5 Å². The smallest absolute Gasteiger partial charge is 0.149 e. The number of hydrogen-bond acceptors (Lipinski definition) is 3. The maximum Gasteiger partial charge on any atom is 0.149 e. The monoisotopic (exact) mass is 225 g/mol. The highest BCUT2D eigenvalue weighted by atomic mass is 19.1. The lowest BCUT2D eigenvalue weighted by atomic mass is 10.1. The maximum atomic E-state index is 13.5. The number of benzene rings is 1. The van der Waals surface area contributed by atoms with Gasteiger partial charge in [0.15, 0.2) is 0 Å². The highest BCUT2D eigenvalue weighted by Crippen LogP contribution is 2.21. The van der Waals surface area contributed by atoms with Gasteiger partial charge in [0, 0.05) is 6.54 Å². The Bertz CT molecular complexity index is 328. The van der Waals surface area contributed by atoms with E-state index in [1.54, 1.807) is 19.2 Å². The Morgan fingerprint density at radius 2 is 1.94 bits per heavy atom. The molecule has 0 saturated carbocycles. The molecule has 4 heteroatoms. The van der Waals surface area contributed by atoms with E-state index >= 15 is 0 Å². The van der Waals surface area contributed by atoms with Gasteiger partial charge < -0.3 is 14.8 Å². The molecular weight excluding hydrogens is 209 g/mol. The number of piperidine rings is 1. The zero-order valence-corrected chi connectivity index (χ0v) is 9.28. The van der Waals surface area contributed by atoms with Gasteiger partial charge >= 0.3 is 0 Å². The molecule has 1 fully saturated rings. The summed E-state index contributed by atoms with van der Waals surface area (Å²) in [4.78, 5) is 0. The molecule has 1 saturated heterocycles. The summed E-state index contributed by atoms with van der Waals surface area (Å²) in [7, 11) is 1.61. The van der Waals surface area contributed by atoms with Gasteiger partial charge in [-0.05, 0) is 37.2 Å². The molecule has 0 aromatic heterocycles. The second-order valence-corrected chi connectivity index (χ2v) is 3.84. The van der Waals surface area contributed by atoms with Gasteiger partial charge in [-0.25, -0.2) is 4.39 Å². The van der Waals surface area contributed by atoms with E-state index in [0.29, 0.717) is 18.7 Å². The summed E-state index contributed by atoms with van der Waals surface area (Å²) in [5.41, 5.74) is 0. The third-order valence-electron chi connectivity index (χ3n) is 2.70. The minimum Gasteiger partial charge on any atom is -0.497 e. The molecule has 0 unspecified atom stereocenters. The first-order valence-electron chi connectivity index (χ1n) is 5.45. The van der Waals surface area contributed by atoms with Crippen LogP contribution in [0.4, 0.5) is 4.39 Å². The van der Waals surface area contributed by atoms with E-state index in [-0.39, 0.29) is 6.10 Å². The van der Waals surface area contributed by atoms with E-state index in [0.717, 1.165) is 12.3 Å². The fourth-order valence-corrected chi connectivity index (χ4v) is 1.76. The Hall–Kier alpha value is -1.29. The number of methoxy groups -OCH3 is 1. The van der Waals surface area contributed by atoms with Gasteiger partial charge in [0.1, 0.15) is 23.8 Å². The third kappa shape index (κ3) is 2.64. The van der Waals surface area contributed by atoms with Gasteiger partial charge in [0.05, 0.1) is 7.11 Å². The van der Waals surface area contributed by atoms with Gasteiger partial charge in [0.25, 0.3) is 0 Å². The minimum absolute atomic E-state index is 0.338. The minimum atomic E-state index is -0.934. The highest BCUT2D eigenvalue weighted by Gasteiger charge is 2.26. The number of ether oxygens (including phenoxy) is 2. The molecule has 0 aliphatic carbocycles. The lowest BCUT2D eigenvalue weighted by Gasteiger charge is -2.27. The molecule has 1 aromatic rings. The molecule has 0 amide bonds. The molecule has 0 bridgehead atoms. The Kier molecular flexibility index (Phi) is 3.62. The standard InChI is InChI=1S/C12H16FNO2/c1-15-9-2-4-10(5-3-9)16-12-6-7-14-8-11(12)13/h2-5,11-12,14H,6-8H2,1H3/t11-,12+/m0/s1. The Balaban J connectivity index is 1.96. The molecule has 2 rings (SSSR count). The average Bonchev–Trinajstić information content (AvgIpc) is 2.33. The Morgan fingerprint density at radius 1 is 1.25 bits per heavy atom. The molecule has 1 aliphatic heterocycles. The van der Waals surface area contributed by atoms with Crippen LogP contribution in [-0.2, 0) is 0 Å². The summed E-state index contributed by atoms with van der Waals surface area (Å²) in [6.45, 7) is 1.18. The second-order valence-electron chi connectivity index (χ2n) is 3.84. The fourth-order valence-electron chi connectivity index (χ4n) is 1.76. The van der Waals surface area contributed by atoms with Gasteiger partial charge in [-0.2, -0.15) is 0 Å². The maximum absolute atomic E-state index is 13.5. The van der Waals surface area contributed by atoms with Crippen LogP contribution in [0.3, 0.4) is 0 Å². The van der Waals surface area contributed by atoms with Crippen molar-refractivity contribution in [1.82, 2.24) is 5.32 Å². The van der Waals surface area contributed by atoms with E-state index in [2.05, 4.69) is 5.32 Å². The van der Waals surface area contributed by atoms with E-state index in [9.17, 15) is 4.39 Å². The summed E-state index contributed by atoms with van der Waals surface area (Å²) in [5, 5.41) is 2.99. The largest absolute Gasteiger partial charge is 0.497 e. The summed E-state index contributed by atoms with van der Waals surface area (Å²) >= 11 is 0. The van der Waals surface area contributed by atoms with Crippen LogP contribution in [-0.4, -0.2) is 32.5 Å². The van der Waals surface area contributed by atoms with Gasteiger partial charge in [-0.1, -0.05) is 0 Å². The molecule has 1 N–H and O–H groups in total. The van der Waals surface area contributed by atoms with Crippen molar-refractivity contribution in [3.8, 4) is 11.5 Å². The van der Waals surface area contributed by atoms with E-state index in [1.807, 2.05) is 12.1 Å². The van der Waals surface area contributed by atoms with Gasteiger partial charge in [-0.15, -0.1) is 0 Å². The SMILES string of the molecule is COc1ccc(O[C@@H]2CCNC[C@@H]2F)cc1. The highest BCUT2D eigenvalue weighted by molar-refractivity contribution is 5.31. The quantitative estimate of drug-likeness (QED) is 0.850. The first-order chi connectivity index (χ1) is 7.79. The predicted octanol–water partition coefficient (Wildman–Crippen LogP) is 1.77. The number of hydrogen-bond donors (Lipinski definition) is 1. The van der Waals surface area contributed by atoms with Gasteiger partial charge in [-0.3, -0.25) is 0 Å². The molecule has 1 aliphatic rings. The summed E-state index contributed by atoms with van der Waals surface area (Å²) < 4.78 is 24.1. The van der Waals surface area contributed by atoms with Crippen LogP contribution in [0.15, 0.2) is 24.3 Å². The first kappa shape index (κ1) is 11.2. The number of rotatable bonds is 3. The molecule has 1 aromatic carbocycles. The topological polar surface area (TPSA) is 30.5 Å². The van der Waals surface area contributed by atoms with Crippen molar-refractivity contribution in [1.29, 1.82) is 0 Å². The Labute approximate surface area is 94.6 Å². The molecular formula is C12H16FNO2. The van der Waals surface area contributed by atoms with Crippen molar-refractivity contribution in [2.45, 2.75) is 18.7 Å². The van der Waals surface area contributed by atoms with E-state index in [1.165, 1.54) is 0 Å². The van der Waals surface area contributed by atoms with Crippen molar-refractivity contribution in [2.24, 2.45) is 0 Å². The molecule has 88 valence electrons. The number of nitrogens with one attached hydrogen (secondary N) is 1. The van der Waals surface area contributed by atoms with Crippen molar-refractivity contribution < 1.29 is 13.9 Å². The molecule has 3 nitrogen and oxygen atoms in total. The van der Waals surface area contributed by atoms with Crippen molar-refractivity contribution in [3.63, 3.8) is 0 Å². The average molecular weight is 225 g/mol. The van der Waals surface area contributed by atoms with Crippen LogP contribution in [0.25, 0.3) is 0 Å². The first-order valence-corrected chi connectivity index (χ1v) is 5.45. The van der Waals surface area contributed by atoms with Gasteiger partial charge in [0.2, 0.25) is 0 Å². The number of alkyl halides is 1. The van der Waals surface area contributed by atoms with Crippen molar-refractivity contribution >= 4 is 0 Å². The lowest BCUT2D eigenvalue weighted by molar-refractivity contribution is 0.0731. The zero-order valence-electron chi connectivity index (χ0n) is 9.28. The lowest BCUT2D eigenvalue weighted by Crippen LogP contribution is -2.44. The number of halogens is 1. The van der Waals surface area contributed by atoms with Crippen molar-refractivity contribution in [3.05, 3.63) is 24.3 Å². The molecule has 0 radical (unpaired) electrons. The summed E-state index contributed by atoms with van der Waals surface area (Å²) in [5.74, 6) is 1.46. The van der Waals surface area contributed by atoms with Crippen LogP contribution >= 0.6 is 0 Å². The summed E-state index contributed by atoms with van der Waals surface area (Å²) in [6, 6.07) is 7.22. The molecule has 0 spiro atoms. The normalized spacial score (nSPS) is 25.1. The molecule has 2 atom stereocenters. The predicted molar refractivity (Wildman–Crippen MR) is 59.8 cm³/mol. The second kappa shape index (κ2) is 5.16. The van der Waals surface area contributed by atoms with Crippen LogP contribution in [0, 0.1) is 0 Å². The van der Waals surface area contributed by atoms with Crippen LogP contribution in [0.1, 0.15) is 6.42 Å². The molecule has 1 heterocycles. The van der Waals surface area contributed by atoms with Crippen molar-refractivity contribution in [2.75, 3.05) is 20.2 Å². The third-order valence-corrected chi connectivity index (χ3v) is 2.70. The Morgan fingerprint density at radius 3 is 2.56 bits per heavy atom. The zero-order chi connectivity index (χ0) is 11.4. The van der Waals surface area contributed by atoms with Crippen LogP contribution in [0.2, 0.25) is 0 Å². The summed E-state index contributed by atoms with van der Waals surface area (Å²) in [6.07, 6.45) is -0.571. The fraction of sp³-hybridized carbons (Fsp3) is 0.500. The van der Waals surface area contributed by atoms with E-state index < -0.39 is 6.17 Å². The van der Waals surface area contributed by atoms with E-state index in [4.69, 9.17) is 9.47 Å². The molecule has 16 heavy (non-hydrogen) atoms.